The Morgan fingerprint density at radius 2 is 1.88 bits per heavy atom. The van der Waals surface area contributed by atoms with Crippen molar-refractivity contribution in [1.82, 2.24) is 14.9 Å². The highest BCUT2D eigenvalue weighted by Gasteiger charge is 2.35. The molecule has 0 N–H and O–H groups in total. The van der Waals surface area contributed by atoms with E-state index in [0.717, 1.165) is 0 Å². The minimum Gasteiger partial charge on any atom is -0.341 e. The summed E-state index contributed by atoms with van der Waals surface area (Å²) >= 11 is 1.26. The molecule has 24 heavy (non-hydrogen) atoms. The lowest BCUT2D eigenvalue weighted by atomic mass is 10.4. The molecule has 1 fully saturated rings. The largest absolute Gasteiger partial charge is 0.341 e. The topological polar surface area (TPSA) is 80.2 Å². The van der Waals surface area contributed by atoms with Crippen molar-refractivity contribution in [1.29, 1.82) is 0 Å². The van der Waals surface area contributed by atoms with Gasteiger partial charge in [0.1, 0.15) is 0 Å². The Labute approximate surface area is 145 Å². The number of rotatable bonds is 5. The molecule has 6 nitrogen and oxygen atoms in total. The maximum Gasteiger partial charge on any atom is 0.233 e. The van der Waals surface area contributed by atoms with Crippen LogP contribution >= 0.6 is 11.8 Å². The smallest absolute Gasteiger partial charge is 0.233 e. The van der Waals surface area contributed by atoms with Crippen molar-refractivity contribution in [2.75, 3.05) is 18.8 Å². The summed E-state index contributed by atoms with van der Waals surface area (Å²) in [5.41, 5.74) is 0. The first-order valence-electron chi connectivity index (χ1n) is 7.54. The van der Waals surface area contributed by atoms with Gasteiger partial charge in [-0.1, -0.05) is 30.0 Å². The second kappa shape index (κ2) is 7.31. The predicted octanol–water partition coefficient (Wildman–Crippen LogP) is 1.64. The van der Waals surface area contributed by atoms with Gasteiger partial charge in [0.2, 0.25) is 5.91 Å². The highest BCUT2D eigenvalue weighted by molar-refractivity contribution is 7.99. The normalized spacial score (nSPS) is 17.8. The zero-order valence-electron chi connectivity index (χ0n) is 12.9. The molecule has 1 unspecified atom stereocenters. The van der Waals surface area contributed by atoms with Crippen LogP contribution in [0.3, 0.4) is 0 Å². The minimum atomic E-state index is -3.40. The van der Waals surface area contributed by atoms with Gasteiger partial charge >= 0.3 is 0 Å². The molecule has 1 aromatic carbocycles. The van der Waals surface area contributed by atoms with Gasteiger partial charge < -0.3 is 4.90 Å². The first-order valence-corrected chi connectivity index (χ1v) is 10.1. The van der Waals surface area contributed by atoms with Gasteiger partial charge in [-0.25, -0.2) is 18.4 Å². The van der Waals surface area contributed by atoms with Crippen LogP contribution in [0.5, 0.6) is 0 Å². The molecule has 0 spiro atoms. The second-order valence-corrected chi connectivity index (χ2v) is 8.60. The van der Waals surface area contributed by atoms with Crippen molar-refractivity contribution in [3.63, 3.8) is 0 Å². The number of sulfone groups is 1. The molecule has 0 radical (unpaired) electrons. The van der Waals surface area contributed by atoms with Crippen LogP contribution in [0.1, 0.15) is 6.42 Å². The van der Waals surface area contributed by atoms with Gasteiger partial charge in [-0.2, -0.15) is 0 Å². The molecule has 1 saturated heterocycles. The molecule has 1 aromatic heterocycles. The zero-order chi connectivity index (χ0) is 17.0. The van der Waals surface area contributed by atoms with Gasteiger partial charge in [0, 0.05) is 25.5 Å². The fourth-order valence-electron chi connectivity index (χ4n) is 2.59. The Balaban J connectivity index is 1.60. The first kappa shape index (κ1) is 16.9. The van der Waals surface area contributed by atoms with Crippen molar-refractivity contribution in [3.8, 4) is 0 Å². The average Bonchev–Trinajstić information content (AvgIpc) is 3.12. The summed E-state index contributed by atoms with van der Waals surface area (Å²) in [6, 6.07) is 10.1. The Hall–Kier alpha value is -1.93. The van der Waals surface area contributed by atoms with E-state index in [0.29, 0.717) is 23.0 Å². The lowest BCUT2D eigenvalue weighted by Gasteiger charge is -2.16. The molecule has 126 valence electrons. The SMILES string of the molecule is O=C(CSc1ncccn1)N1CCC(S(=O)(=O)c2ccccc2)C1. The first-order chi connectivity index (χ1) is 11.6. The number of nitrogens with zero attached hydrogens (tertiary/aromatic N) is 3. The van der Waals surface area contributed by atoms with Crippen molar-refractivity contribution in [2.24, 2.45) is 0 Å². The Morgan fingerprint density at radius 3 is 2.58 bits per heavy atom. The number of hydrogen-bond donors (Lipinski definition) is 0. The number of carbonyl (C=O) groups excluding carboxylic acids is 1. The van der Waals surface area contributed by atoms with Crippen LogP contribution in [0.15, 0.2) is 58.8 Å². The molecule has 0 saturated carbocycles. The second-order valence-electron chi connectivity index (χ2n) is 5.43. The molecule has 1 atom stereocenters. The summed E-state index contributed by atoms with van der Waals surface area (Å²) in [5, 5.41) is 0.000305. The van der Waals surface area contributed by atoms with Gasteiger partial charge in [0.05, 0.1) is 15.9 Å². The highest BCUT2D eigenvalue weighted by atomic mass is 32.2. The minimum absolute atomic E-state index is 0.0850. The van der Waals surface area contributed by atoms with E-state index in [1.807, 2.05) is 0 Å². The third kappa shape index (κ3) is 3.76. The van der Waals surface area contributed by atoms with E-state index in [-0.39, 0.29) is 18.2 Å². The summed E-state index contributed by atoms with van der Waals surface area (Å²) in [6.45, 7) is 0.706. The highest BCUT2D eigenvalue weighted by Crippen LogP contribution is 2.24. The quantitative estimate of drug-likeness (QED) is 0.593. The van der Waals surface area contributed by atoms with E-state index >= 15 is 0 Å². The van der Waals surface area contributed by atoms with E-state index in [1.165, 1.54) is 11.8 Å². The fourth-order valence-corrected chi connectivity index (χ4v) is 5.01. The van der Waals surface area contributed by atoms with Crippen molar-refractivity contribution in [2.45, 2.75) is 21.7 Å². The summed E-state index contributed by atoms with van der Waals surface area (Å²) in [4.78, 5) is 22.3. The van der Waals surface area contributed by atoms with Crippen LogP contribution in [-0.2, 0) is 14.6 Å². The number of aromatic nitrogens is 2. The van der Waals surface area contributed by atoms with Crippen molar-refractivity contribution in [3.05, 3.63) is 48.8 Å². The number of thioether (sulfide) groups is 1. The lowest BCUT2D eigenvalue weighted by Crippen LogP contribution is -2.33. The predicted molar refractivity (Wildman–Crippen MR) is 91.4 cm³/mol. The summed E-state index contributed by atoms with van der Waals surface area (Å²) in [7, 11) is -3.40. The lowest BCUT2D eigenvalue weighted by molar-refractivity contribution is -0.127. The summed E-state index contributed by atoms with van der Waals surface area (Å²) < 4.78 is 25.2. The van der Waals surface area contributed by atoms with E-state index < -0.39 is 15.1 Å². The molecule has 3 rings (SSSR count). The fraction of sp³-hybridized carbons (Fsp3) is 0.312. The standard InChI is InChI=1S/C16H17N3O3S2/c20-15(12-23-16-17-8-4-9-18-16)19-10-7-14(11-19)24(21,22)13-5-2-1-3-6-13/h1-6,8-9,14H,7,10-12H2. The maximum absolute atomic E-state index is 12.6. The van der Waals surface area contributed by atoms with Crippen LogP contribution in [0.4, 0.5) is 0 Å². The molecular formula is C16H17N3O3S2. The molecule has 1 amide bonds. The number of carbonyl (C=O) groups is 1. The van der Waals surface area contributed by atoms with Gasteiger partial charge in [-0.05, 0) is 24.6 Å². The Kier molecular flexibility index (Phi) is 5.15. The summed E-state index contributed by atoms with van der Waals surface area (Å²) in [5.74, 6) is 0.125. The molecule has 0 bridgehead atoms. The number of amides is 1. The van der Waals surface area contributed by atoms with E-state index in [2.05, 4.69) is 9.97 Å². The molecule has 2 aromatic rings. The molecule has 1 aliphatic rings. The maximum atomic E-state index is 12.6. The van der Waals surface area contributed by atoms with Gasteiger partial charge in [0.25, 0.3) is 0 Å². The van der Waals surface area contributed by atoms with Crippen LogP contribution in [0.2, 0.25) is 0 Å². The van der Waals surface area contributed by atoms with Crippen molar-refractivity contribution >= 4 is 27.5 Å². The molecule has 2 heterocycles. The summed E-state index contributed by atoms with van der Waals surface area (Å²) in [6.07, 6.45) is 3.71. The van der Waals surface area contributed by atoms with E-state index in [9.17, 15) is 13.2 Å². The van der Waals surface area contributed by atoms with E-state index in [1.54, 1.807) is 53.7 Å². The van der Waals surface area contributed by atoms with Gasteiger partial charge in [-0.15, -0.1) is 0 Å². The molecule has 1 aliphatic heterocycles. The Morgan fingerprint density at radius 1 is 1.17 bits per heavy atom. The van der Waals surface area contributed by atoms with Crippen LogP contribution in [0, 0.1) is 0 Å². The Bertz CT molecular complexity index is 798. The number of hydrogen-bond acceptors (Lipinski definition) is 6. The number of likely N-dealkylation sites (tertiary alicyclic amines) is 1. The third-order valence-corrected chi connectivity index (χ3v) is 6.93. The molecule has 0 aliphatic carbocycles. The van der Waals surface area contributed by atoms with Gasteiger partial charge in [-0.3, -0.25) is 4.79 Å². The van der Waals surface area contributed by atoms with E-state index in [4.69, 9.17) is 0 Å². The van der Waals surface area contributed by atoms with Crippen LogP contribution in [0.25, 0.3) is 0 Å². The monoisotopic (exact) mass is 363 g/mol. The molecule has 8 heteroatoms. The molecular weight excluding hydrogens is 346 g/mol. The van der Waals surface area contributed by atoms with Gasteiger partial charge in [0.15, 0.2) is 15.0 Å². The zero-order valence-corrected chi connectivity index (χ0v) is 14.5. The average molecular weight is 363 g/mol. The van der Waals surface area contributed by atoms with Crippen LogP contribution < -0.4 is 0 Å². The van der Waals surface area contributed by atoms with Crippen LogP contribution in [-0.4, -0.2) is 53.3 Å². The number of benzene rings is 1. The third-order valence-electron chi connectivity index (χ3n) is 3.88. The van der Waals surface area contributed by atoms with Crippen molar-refractivity contribution < 1.29 is 13.2 Å².